The maximum atomic E-state index is 10.6. The number of carbonyl (C=O) groups is 1. The molecule has 0 aromatic heterocycles. The lowest BCUT2D eigenvalue weighted by Gasteiger charge is -1.96. The molecule has 0 radical (unpaired) electrons. The highest BCUT2D eigenvalue weighted by Crippen LogP contribution is 2.09. The first kappa shape index (κ1) is 5.95. The molecule has 1 amide bonds. The van der Waals surface area contributed by atoms with Gasteiger partial charge in [-0.25, -0.2) is 0 Å². The van der Waals surface area contributed by atoms with E-state index in [1.165, 1.54) is 0 Å². The third kappa shape index (κ3) is 0.968. The van der Waals surface area contributed by atoms with E-state index in [9.17, 15) is 4.79 Å². The standard InChI is InChI=1S/C5H9NOS/c7-5-4(3-8)1-2-6-5/h4,8H,1-3H2,(H,6,7). The molecular formula is C5H9NOS. The van der Waals surface area contributed by atoms with Crippen LogP contribution in [-0.2, 0) is 4.79 Å². The molecule has 1 fully saturated rings. The predicted octanol–water partition coefficient (Wildman–Crippen LogP) is 0.0523. The molecule has 1 heterocycles. The molecule has 2 nitrogen and oxygen atoms in total. The minimum Gasteiger partial charge on any atom is -0.356 e. The molecule has 0 bridgehead atoms. The van der Waals surface area contributed by atoms with Crippen LogP contribution < -0.4 is 5.32 Å². The van der Waals surface area contributed by atoms with Crippen LogP contribution in [0.5, 0.6) is 0 Å². The average molecular weight is 131 g/mol. The summed E-state index contributed by atoms with van der Waals surface area (Å²) in [5.41, 5.74) is 0. The highest BCUT2D eigenvalue weighted by Gasteiger charge is 2.21. The summed E-state index contributed by atoms with van der Waals surface area (Å²) in [7, 11) is 0. The van der Waals surface area contributed by atoms with E-state index >= 15 is 0 Å². The van der Waals surface area contributed by atoms with E-state index < -0.39 is 0 Å². The Morgan fingerprint density at radius 1 is 1.88 bits per heavy atom. The van der Waals surface area contributed by atoms with E-state index in [0.29, 0.717) is 5.75 Å². The lowest BCUT2D eigenvalue weighted by Crippen LogP contribution is -2.19. The average Bonchev–Trinajstić information content (AvgIpc) is 2.14. The summed E-state index contributed by atoms with van der Waals surface area (Å²) in [6, 6.07) is 0. The van der Waals surface area contributed by atoms with Gasteiger partial charge >= 0.3 is 0 Å². The molecule has 1 atom stereocenters. The van der Waals surface area contributed by atoms with Crippen molar-refractivity contribution in [2.45, 2.75) is 6.42 Å². The zero-order chi connectivity index (χ0) is 5.98. The van der Waals surface area contributed by atoms with Crippen molar-refractivity contribution in [2.75, 3.05) is 12.3 Å². The quantitative estimate of drug-likeness (QED) is 0.484. The summed E-state index contributed by atoms with van der Waals surface area (Å²) >= 11 is 4.01. The highest BCUT2D eigenvalue weighted by molar-refractivity contribution is 7.80. The molecule has 1 rings (SSSR count). The second-order valence-electron chi connectivity index (χ2n) is 1.96. The Kier molecular flexibility index (Phi) is 1.78. The van der Waals surface area contributed by atoms with Crippen molar-refractivity contribution in [3.63, 3.8) is 0 Å². The lowest BCUT2D eigenvalue weighted by molar-refractivity contribution is -0.121. The van der Waals surface area contributed by atoms with Crippen molar-refractivity contribution in [3.05, 3.63) is 0 Å². The SMILES string of the molecule is O=C1NCCC1CS. The Hall–Kier alpha value is -0.180. The first-order chi connectivity index (χ1) is 3.84. The van der Waals surface area contributed by atoms with Crippen LogP contribution in [0.25, 0.3) is 0 Å². The van der Waals surface area contributed by atoms with Crippen LogP contribution in [0.3, 0.4) is 0 Å². The molecule has 0 aliphatic carbocycles. The fraction of sp³-hybridized carbons (Fsp3) is 0.800. The first-order valence-corrected chi connectivity index (χ1v) is 3.36. The van der Waals surface area contributed by atoms with Gasteiger partial charge in [-0.05, 0) is 6.42 Å². The van der Waals surface area contributed by atoms with Gasteiger partial charge in [-0.15, -0.1) is 0 Å². The molecule has 1 aliphatic heterocycles. The van der Waals surface area contributed by atoms with Gasteiger partial charge in [-0.3, -0.25) is 4.79 Å². The van der Waals surface area contributed by atoms with E-state index in [4.69, 9.17) is 0 Å². The zero-order valence-electron chi connectivity index (χ0n) is 4.55. The van der Waals surface area contributed by atoms with Crippen LogP contribution in [0.2, 0.25) is 0 Å². The predicted molar refractivity (Wildman–Crippen MR) is 35.0 cm³/mol. The minimum atomic E-state index is 0.167. The summed E-state index contributed by atoms with van der Waals surface area (Å²) < 4.78 is 0. The van der Waals surface area contributed by atoms with E-state index in [0.717, 1.165) is 13.0 Å². The molecule has 0 aromatic rings. The molecule has 1 aliphatic rings. The maximum Gasteiger partial charge on any atom is 0.224 e. The number of hydrogen-bond acceptors (Lipinski definition) is 2. The number of carbonyl (C=O) groups excluding carboxylic acids is 1. The molecular weight excluding hydrogens is 122 g/mol. The van der Waals surface area contributed by atoms with E-state index in [1.807, 2.05) is 0 Å². The third-order valence-electron chi connectivity index (χ3n) is 1.38. The molecule has 1 saturated heterocycles. The van der Waals surface area contributed by atoms with Crippen LogP contribution >= 0.6 is 12.6 Å². The Bertz CT molecular complexity index is 105. The lowest BCUT2D eigenvalue weighted by atomic mass is 10.1. The highest BCUT2D eigenvalue weighted by atomic mass is 32.1. The van der Waals surface area contributed by atoms with Crippen LogP contribution in [0.4, 0.5) is 0 Å². The smallest absolute Gasteiger partial charge is 0.224 e. The number of amides is 1. The van der Waals surface area contributed by atoms with Crippen LogP contribution in [-0.4, -0.2) is 18.2 Å². The largest absolute Gasteiger partial charge is 0.356 e. The topological polar surface area (TPSA) is 29.1 Å². The molecule has 46 valence electrons. The van der Waals surface area contributed by atoms with Crippen LogP contribution in [0.15, 0.2) is 0 Å². The molecule has 1 N–H and O–H groups in total. The summed E-state index contributed by atoms with van der Waals surface area (Å²) in [6.07, 6.45) is 0.961. The van der Waals surface area contributed by atoms with Gasteiger partial charge in [0.2, 0.25) is 5.91 Å². The molecule has 0 saturated carbocycles. The van der Waals surface area contributed by atoms with Crippen molar-refractivity contribution in [3.8, 4) is 0 Å². The molecule has 3 heteroatoms. The molecule has 0 spiro atoms. The number of rotatable bonds is 1. The Balaban J connectivity index is 2.42. The van der Waals surface area contributed by atoms with Gasteiger partial charge in [0, 0.05) is 18.2 Å². The number of hydrogen-bond donors (Lipinski definition) is 2. The fourth-order valence-electron chi connectivity index (χ4n) is 0.819. The van der Waals surface area contributed by atoms with Gasteiger partial charge in [0.05, 0.1) is 0 Å². The summed E-state index contributed by atoms with van der Waals surface area (Å²) in [5.74, 6) is 1.03. The summed E-state index contributed by atoms with van der Waals surface area (Å²) in [5, 5.41) is 2.73. The van der Waals surface area contributed by atoms with Gasteiger partial charge in [0.15, 0.2) is 0 Å². The minimum absolute atomic E-state index is 0.167. The fourth-order valence-corrected chi connectivity index (χ4v) is 1.17. The number of thiol groups is 1. The summed E-state index contributed by atoms with van der Waals surface area (Å²) in [4.78, 5) is 10.6. The molecule has 0 aromatic carbocycles. The van der Waals surface area contributed by atoms with Crippen molar-refractivity contribution in [1.82, 2.24) is 5.32 Å². The molecule has 1 unspecified atom stereocenters. The van der Waals surface area contributed by atoms with Crippen molar-refractivity contribution < 1.29 is 4.79 Å². The third-order valence-corrected chi connectivity index (χ3v) is 1.82. The monoisotopic (exact) mass is 131 g/mol. The van der Waals surface area contributed by atoms with Gasteiger partial charge in [-0.1, -0.05) is 0 Å². The van der Waals surface area contributed by atoms with Crippen LogP contribution in [0, 0.1) is 5.92 Å². The van der Waals surface area contributed by atoms with Crippen molar-refractivity contribution in [2.24, 2.45) is 5.92 Å². The van der Waals surface area contributed by atoms with Gasteiger partial charge in [0.25, 0.3) is 0 Å². The Labute approximate surface area is 54.1 Å². The number of nitrogens with one attached hydrogen (secondary N) is 1. The van der Waals surface area contributed by atoms with Gasteiger partial charge in [0.1, 0.15) is 0 Å². The normalized spacial score (nSPS) is 28.1. The van der Waals surface area contributed by atoms with Crippen molar-refractivity contribution >= 4 is 18.5 Å². The van der Waals surface area contributed by atoms with Gasteiger partial charge in [-0.2, -0.15) is 12.6 Å². The second-order valence-corrected chi connectivity index (χ2v) is 2.32. The zero-order valence-corrected chi connectivity index (χ0v) is 5.45. The van der Waals surface area contributed by atoms with E-state index in [1.54, 1.807) is 0 Å². The van der Waals surface area contributed by atoms with Crippen molar-refractivity contribution in [1.29, 1.82) is 0 Å². The van der Waals surface area contributed by atoms with Gasteiger partial charge < -0.3 is 5.32 Å². The first-order valence-electron chi connectivity index (χ1n) is 2.73. The van der Waals surface area contributed by atoms with E-state index in [-0.39, 0.29) is 11.8 Å². The second kappa shape index (κ2) is 2.40. The van der Waals surface area contributed by atoms with Crippen LogP contribution in [0.1, 0.15) is 6.42 Å². The molecule has 8 heavy (non-hydrogen) atoms. The Morgan fingerprint density at radius 2 is 2.62 bits per heavy atom. The van der Waals surface area contributed by atoms with E-state index in [2.05, 4.69) is 17.9 Å². The summed E-state index contributed by atoms with van der Waals surface area (Å²) in [6.45, 7) is 0.837. The maximum absolute atomic E-state index is 10.6. The Morgan fingerprint density at radius 3 is 2.88 bits per heavy atom.